The van der Waals surface area contributed by atoms with Crippen LogP contribution in [0.5, 0.6) is 0 Å². The molecule has 1 atom stereocenters. The monoisotopic (exact) mass is 229 g/mol. The van der Waals surface area contributed by atoms with Gasteiger partial charge in [-0.15, -0.1) is 0 Å². The number of imidazole rings is 1. The van der Waals surface area contributed by atoms with Gasteiger partial charge in [-0.1, -0.05) is 19.6 Å². The van der Waals surface area contributed by atoms with E-state index in [-0.39, 0.29) is 15.2 Å². The minimum absolute atomic E-state index is 0.139. The molecule has 0 saturated carbocycles. The van der Waals surface area contributed by atoms with Gasteiger partial charge in [-0.05, 0) is 0 Å². The van der Waals surface area contributed by atoms with E-state index in [2.05, 4.69) is 29.6 Å². The fourth-order valence-corrected chi connectivity index (χ4v) is 0.715. The lowest BCUT2D eigenvalue weighted by Gasteiger charge is -2.01. The van der Waals surface area contributed by atoms with Crippen LogP contribution >= 0.6 is 0 Å². The molecule has 0 aliphatic rings. The zero-order valence-corrected chi connectivity index (χ0v) is 10.6. The molecule has 6 heteroatoms. The Morgan fingerprint density at radius 3 is 2.53 bits per heavy atom. The van der Waals surface area contributed by atoms with Crippen molar-refractivity contribution in [2.45, 2.75) is 32.1 Å². The van der Waals surface area contributed by atoms with Crippen LogP contribution in [-0.4, -0.2) is 35.9 Å². The number of aliphatic carboxylic acids is 1. The molecule has 0 bridgehead atoms. The third-order valence-electron chi connectivity index (χ3n) is 1.30. The number of H-pyrrole nitrogens is 1. The Kier molecular flexibility index (Phi) is 6.64. The minimum atomic E-state index is -1.01. The summed E-state index contributed by atoms with van der Waals surface area (Å²) in [5.41, 5.74) is 5.92. The maximum absolute atomic E-state index is 10.3. The van der Waals surface area contributed by atoms with E-state index in [4.69, 9.17) is 10.8 Å². The van der Waals surface area contributed by atoms with Crippen LogP contribution < -0.4 is 5.73 Å². The summed E-state index contributed by atoms with van der Waals surface area (Å²) < 4.78 is 0. The summed E-state index contributed by atoms with van der Waals surface area (Å²) in [6, 6.07) is -0.863. The zero-order valence-electron chi connectivity index (χ0n) is 9.40. The van der Waals surface area contributed by atoms with Gasteiger partial charge in [0.15, 0.2) is 0 Å². The summed E-state index contributed by atoms with van der Waals surface area (Å²) in [5.74, 6) is -1.01. The Hall–Kier alpha value is -1.14. The molecule has 4 N–H and O–H groups in total. The fraction of sp³-hybridized carbons (Fsp3) is 0.556. The lowest BCUT2D eigenvalue weighted by molar-refractivity contribution is -0.138. The second-order valence-electron chi connectivity index (χ2n) is 3.94. The van der Waals surface area contributed by atoms with Gasteiger partial charge < -0.3 is 15.8 Å². The van der Waals surface area contributed by atoms with E-state index in [1.54, 1.807) is 6.20 Å². The van der Waals surface area contributed by atoms with E-state index in [1.165, 1.54) is 6.33 Å². The van der Waals surface area contributed by atoms with Gasteiger partial charge in [-0.25, -0.2) is 4.98 Å². The highest BCUT2D eigenvalue weighted by Crippen LogP contribution is 1.95. The number of carbonyl (C=O) groups is 1. The van der Waals surface area contributed by atoms with Crippen molar-refractivity contribution >= 4 is 14.8 Å². The van der Waals surface area contributed by atoms with Crippen LogP contribution in [0.3, 0.4) is 0 Å². The first-order valence-corrected chi connectivity index (χ1v) is 8.36. The molecule has 1 rings (SSSR count). The number of hydrogen-bond acceptors (Lipinski definition) is 3. The number of rotatable bonds is 3. The summed E-state index contributed by atoms with van der Waals surface area (Å²) in [4.78, 5) is 16.8. The third-order valence-corrected chi connectivity index (χ3v) is 1.30. The van der Waals surface area contributed by atoms with E-state index < -0.39 is 12.0 Å². The minimum Gasteiger partial charge on any atom is -0.480 e. The van der Waals surface area contributed by atoms with Crippen LogP contribution in [-0.2, 0) is 11.2 Å². The van der Waals surface area contributed by atoms with Gasteiger partial charge in [-0.3, -0.25) is 4.79 Å². The molecule has 0 amide bonds. The molecule has 1 aromatic rings. The highest BCUT2D eigenvalue weighted by atomic mass is 28.3. The van der Waals surface area contributed by atoms with Crippen molar-refractivity contribution in [3.8, 4) is 0 Å². The predicted molar refractivity (Wildman–Crippen MR) is 62.6 cm³/mol. The average Bonchev–Trinajstić information content (AvgIpc) is 2.55. The van der Waals surface area contributed by atoms with Crippen LogP contribution in [0.2, 0.25) is 19.6 Å². The summed E-state index contributed by atoms with van der Waals surface area (Å²) >= 11 is 0. The van der Waals surface area contributed by atoms with Crippen molar-refractivity contribution < 1.29 is 9.90 Å². The summed E-state index contributed by atoms with van der Waals surface area (Å²) in [7, 11) is -0.139. The van der Waals surface area contributed by atoms with Crippen molar-refractivity contribution in [3.63, 3.8) is 0 Å². The molecule has 0 aromatic carbocycles. The molecule has 0 aliphatic carbocycles. The van der Waals surface area contributed by atoms with E-state index in [9.17, 15) is 4.79 Å². The standard InChI is InChI=1S/C6H9N3O2.C3H10Si/c7-5(6(10)11)1-4-2-8-3-9-4;1-4(2)3/h2-3,5H,1,7H2,(H,8,9)(H,10,11);4H,1-3H3. The van der Waals surface area contributed by atoms with Gasteiger partial charge >= 0.3 is 5.97 Å². The maximum Gasteiger partial charge on any atom is 0.320 e. The molecule has 86 valence electrons. The topological polar surface area (TPSA) is 92.0 Å². The van der Waals surface area contributed by atoms with Gasteiger partial charge in [0.1, 0.15) is 6.04 Å². The molecule has 1 heterocycles. The number of carboxylic acid groups (broad SMARTS) is 1. The number of aromatic nitrogens is 2. The summed E-state index contributed by atoms with van der Waals surface area (Å²) in [6.07, 6.45) is 3.38. The van der Waals surface area contributed by atoms with Gasteiger partial charge in [0.05, 0.1) is 12.0 Å². The normalized spacial score (nSPS) is 11.8. The molecule has 0 spiro atoms. The molecule has 1 unspecified atom stereocenters. The smallest absolute Gasteiger partial charge is 0.320 e. The largest absolute Gasteiger partial charge is 0.480 e. The maximum atomic E-state index is 10.3. The highest BCUT2D eigenvalue weighted by Gasteiger charge is 2.12. The highest BCUT2D eigenvalue weighted by molar-refractivity contribution is 6.54. The average molecular weight is 229 g/mol. The SMILES string of the molecule is C[SiH](C)C.NC(Cc1c[nH]cn1)C(=O)O. The van der Waals surface area contributed by atoms with Crippen LogP contribution in [0.25, 0.3) is 0 Å². The number of carboxylic acids is 1. The Balaban J connectivity index is 0.000000423. The number of aromatic amines is 1. The molecule has 0 saturated heterocycles. The molecule has 15 heavy (non-hydrogen) atoms. The van der Waals surface area contributed by atoms with Gasteiger partial charge in [0.25, 0.3) is 0 Å². The number of nitrogens with two attached hydrogens (primary N) is 1. The lowest BCUT2D eigenvalue weighted by atomic mass is 10.2. The molecule has 5 nitrogen and oxygen atoms in total. The van der Waals surface area contributed by atoms with E-state index in [1.807, 2.05) is 0 Å². The third kappa shape index (κ3) is 7.89. The first kappa shape index (κ1) is 13.9. The quantitative estimate of drug-likeness (QED) is 0.657. The van der Waals surface area contributed by atoms with Crippen LogP contribution in [0, 0.1) is 0 Å². The number of nitrogens with zero attached hydrogens (tertiary/aromatic N) is 1. The number of nitrogens with one attached hydrogen (secondary N) is 1. The Morgan fingerprint density at radius 2 is 2.20 bits per heavy atom. The van der Waals surface area contributed by atoms with Crippen molar-refractivity contribution in [1.29, 1.82) is 0 Å². The molecular weight excluding hydrogens is 210 g/mol. The first-order chi connectivity index (χ1) is 6.93. The van der Waals surface area contributed by atoms with Gasteiger partial charge in [0, 0.05) is 21.4 Å². The van der Waals surface area contributed by atoms with E-state index >= 15 is 0 Å². The van der Waals surface area contributed by atoms with Crippen molar-refractivity contribution in [1.82, 2.24) is 9.97 Å². The Morgan fingerprint density at radius 1 is 1.67 bits per heavy atom. The molecular formula is C9H19N3O2Si. The molecule has 0 fully saturated rings. The van der Waals surface area contributed by atoms with Crippen molar-refractivity contribution in [2.24, 2.45) is 5.73 Å². The second-order valence-corrected chi connectivity index (χ2v) is 7.41. The molecule has 0 aliphatic heterocycles. The fourth-order valence-electron chi connectivity index (χ4n) is 0.715. The Labute approximate surface area is 91.3 Å². The second kappa shape index (κ2) is 7.19. The summed E-state index contributed by atoms with van der Waals surface area (Å²) in [5, 5.41) is 8.42. The predicted octanol–water partition coefficient (Wildman–Crippen LogP) is 0.467. The van der Waals surface area contributed by atoms with E-state index in [0.717, 1.165) is 0 Å². The molecule has 1 aromatic heterocycles. The Bertz CT molecular complexity index is 272. The van der Waals surface area contributed by atoms with Crippen LogP contribution in [0.4, 0.5) is 0 Å². The van der Waals surface area contributed by atoms with Gasteiger partial charge in [-0.2, -0.15) is 0 Å². The molecule has 0 radical (unpaired) electrons. The van der Waals surface area contributed by atoms with Crippen LogP contribution in [0.1, 0.15) is 5.69 Å². The summed E-state index contributed by atoms with van der Waals surface area (Å²) in [6.45, 7) is 6.92. The lowest BCUT2D eigenvalue weighted by Crippen LogP contribution is -2.32. The number of hydrogen-bond donors (Lipinski definition) is 3. The van der Waals surface area contributed by atoms with Crippen molar-refractivity contribution in [2.75, 3.05) is 0 Å². The first-order valence-electron chi connectivity index (χ1n) is 4.89. The van der Waals surface area contributed by atoms with Crippen molar-refractivity contribution in [3.05, 3.63) is 18.2 Å². The van der Waals surface area contributed by atoms with Gasteiger partial charge in [0.2, 0.25) is 0 Å². The van der Waals surface area contributed by atoms with Crippen LogP contribution in [0.15, 0.2) is 12.5 Å². The van der Waals surface area contributed by atoms with E-state index in [0.29, 0.717) is 5.69 Å². The zero-order chi connectivity index (χ0) is 11.8.